The summed E-state index contributed by atoms with van der Waals surface area (Å²) in [5.74, 6) is 0.00167. The van der Waals surface area contributed by atoms with Crippen molar-refractivity contribution in [2.45, 2.75) is 27.2 Å². The van der Waals surface area contributed by atoms with Gasteiger partial charge in [-0.2, -0.15) is 0 Å². The van der Waals surface area contributed by atoms with Gasteiger partial charge in [-0.15, -0.1) is 11.3 Å². The first-order chi connectivity index (χ1) is 8.72. The second kappa shape index (κ2) is 7.16. The third-order valence-electron chi connectivity index (χ3n) is 2.52. The van der Waals surface area contributed by atoms with Crippen LogP contribution < -0.4 is 0 Å². The summed E-state index contributed by atoms with van der Waals surface area (Å²) in [7, 11) is 0. The zero-order valence-corrected chi connectivity index (χ0v) is 11.9. The van der Waals surface area contributed by atoms with Crippen LogP contribution in [0.2, 0.25) is 0 Å². The quantitative estimate of drug-likeness (QED) is 0.787. The maximum atomic E-state index is 11.8. The van der Waals surface area contributed by atoms with Gasteiger partial charge in [-0.1, -0.05) is 13.8 Å². The Morgan fingerprint density at radius 1 is 1.50 bits per heavy atom. The molecule has 0 saturated carbocycles. The van der Waals surface area contributed by atoms with Crippen molar-refractivity contribution >= 4 is 23.2 Å². The molecule has 0 saturated heterocycles. The Morgan fingerprint density at radius 2 is 2.22 bits per heavy atom. The molecule has 0 spiro atoms. The van der Waals surface area contributed by atoms with Crippen LogP contribution in [0.1, 0.15) is 36.0 Å². The summed E-state index contributed by atoms with van der Waals surface area (Å²) in [6.45, 7) is 6.78. The lowest BCUT2D eigenvalue weighted by molar-refractivity contribution is 0.0856. The van der Waals surface area contributed by atoms with Crippen LogP contribution in [0.15, 0.2) is 11.4 Å². The summed E-state index contributed by atoms with van der Waals surface area (Å²) >= 11 is 1.57. The van der Waals surface area contributed by atoms with Crippen LogP contribution in [0, 0.1) is 0 Å². The van der Waals surface area contributed by atoms with Gasteiger partial charge in [-0.3, -0.25) is 4.79 Å². The summed E-state index contributed by atoms with van der Waals surface area (Å²) in [4.78, 5) is 25.9. The van der Waals surface area contributed by atoms with Crippen LogP contribution in [0.25, 0.3) is 0 Å². The summed E-state index contributed by atoms with van der Waals surface area (Å²) in [5.41, 5.74) is 0.761. The van der Waals surface area contributed by atoms with Gasteiger partial charge in [-0.05, 0) is 18.4 Å². The van der Waals surface area contributed by atoms with Crippen LogP contribution in [-0.2, 0) is 11.2 Å². The third kappa shape index (κ3) is 3.32. The summed E-state index contributed by atoms with van der Waals surface area (Å²) in [5, 5.41) is 1.92. The number of fused-ring (bicyclic) bond motifs is 1. The van der Waals surface area contributed by atoms with E-state index in [0.717, 1.165) is 16.9 Å². The Bertz CT molecular complexity index is 414. The van der Waals surface area contributed by atoms with Crippen LogP contribution in [0.4, 0.5) is 4.79 Å². The highest BCUT2D eigenvalue weighted by Gasteiger charge is 2.25. The van der Waals surface area contributed by atoms with Crippen LogP contribution >= 0.6 is 11.3 Å². The highest BCUT2D eigenvalue weighted by molar-refractivity contribution is 7.10. The second-order valence-corrected chi connectivity index (χ2v) is 4.55. The first kappa shape index (κ1) is 14.7. The molecule has 1 amide bonds. The molecule has 2 heterocycles. The molecule has 18 heavy (non-hydrogen) atoms. The molecule has 100 valence electrons. The van der Waals surface area contributed by atoms with Gasteiger partial charge in [0.25, 0.3) is 0 Å². The highest BCUT2D eigenvalue weighted by atomic mass is 32.1. The largest absolute Gasteiger partial charge is 0.450 e. The number of rotatable bonds is 1. The minimum Gasteiger partial charge on any atom is -0.450 e. The van der Waals surface area contributed by atoms with Crippen molar-refractivity contribution < 1.29 is 14.3 Å². The van der Waals surface area contributed by atoms with Crippen molar-refractivity contribution in [2.75, 3.05) is 19.7 Å². The fourth-order valence-corrected chi connectivity index (χ4v) is 2.61. The first-order valence-corrected chi connectivity index (χ1v) is 7.11. The SMILES string of the molecule is CC.CCOC(=O)N1CCc2sccc2C(=O)C1. The zero-order valence-electron chi connectivity index (χ0n) is 11.1. The fourth-order valence-electron chi connectivity index (χ4n) is 1.73. The Balaban J connectivity index is 0.000000771. The van der Waals surface area contributed by atoms with Crippen molar-refractivity contribution in [3.8, 4) is 0 Å². The van der Waals surface area contributed by atoms with E-state index in [-0.39, 0.29) is 12.3 Å². The number of Topliss-reactive ketones (excluding diaryl/α,β-unsaturated/α-hetero) is 1. The van der Waals surface area contributed by atoms with Crippen molar-refractivity contribution in [2.24, 2.45) is 0 Å². The van der Waals surface area contributed by atoms with Crippen molar-refractivity contribution in [1.82, 2.24) is 4.90 Å². The molecular formula is C13H19NO3S. The summed E-state index contributed by atoms with van der Waals surface area (Å²) < 4.78 is 4.90. The molecule has 0 radical (unpaired) electrons. The number of hydrogen-bond donors (Lipinski definition) is 0. The molecule has 1 aromatic rings. The normalized spacial score (nSPS) is 14.2. The molecule has 0 fully saturated rings. The molecule has 0 aliphatic carbocycles. The molecule has 0 N–H and O–H groups in total. The lowest BCUT2D eigenvalue weighted by atomic mass is 10.1. The van der Waals surface area contributed by atoms with Crippen LogP contribution in [0.5, 0.6) is 0 Å². The van der Waals surface area contributed by atoms with E-state index in [9.17, 15) is 9.59 Å². The molecule has 5 heteroatoms. The number of ether oxygens (including phenoxy) is 1. The molecule has 0 aromatic carbocycles. The predicted molar refractivity (Wildman–Crippen MR) is 72.3 cm³/mol. The summed E-state index contributed by atoms with van der Waals surface area (Å²) in [6, 6.07) is 1.83. The number of hydrogen-bond acceptors (Lipinski definition) is 4. The molecule has 1 aliphatic rings. The van der Waals surface area contributed by atoms with E-state index in [1.165, 1.54) is 4.90 Å². The Labute approximate surface area is 112 Å². The maximum Gasteiger partial charge on any atom is 0.410 e. The highest BCUT2D eigenvalue weighted by Crippen LogP contribution is 2.21. The van der Waals surface area contributed by atoms with E-state index < -0.39 is 6.09 Å². The Morgan fingerprint density at radius 3 is 2.89 bits per heavy atom. The average Bonchev–Trinajstić information content (AvgIpc) is 2.79. The third-order valence-corrected chi connectivity index (χ3v) is 3.50. The van der Waals surface area contributed by atoms with E-state index in [0.29, 0.717) is 13.2 Å². The molecule has 0 unspecified atom stereocenters. The molecule has 0 bridgehead atoms. The Hall–Kier alpha value is -1.36. The van der Waals surface area contributed by atoms with Gasteiger partial charge in [0, 0.05) is 23.4 Å². The Kier molecular flexibility index (Phi) is 5.85. The van der Waals surface area contributed by atoms with Crippen LogP contribution in [0.3, 0.4) is 0 Å². The van der Waals surface area contributed by atoms with Gasteiger partial charge >= 0.3 is 6.09 Å². The van der Waals surface area contributed by atoms with E-state index in [1.807, 2.05) is 25.3 Å². The molecular weight excluding hydrogens is 250 g/mol. The molecule has 4 nitrogen and oxygen atoms in total. The number of thiophene rings is 1. The van der Waals surface area contributed by atoms with E-state index in [4.69, 9.17) is 4.74 Å². The minimum atomic E-state index is -0.397. The van der Waals surface area contributed by atoms with Crippen molar-refractivity contribution in [3.63, 3.8) is 0 Å². The standard InChI is InChI=1S/C11H13NO3S.C2H6/c1-2-15-11(14)12-5-3-10-8(4-6-16-10)9(13)7-12;1-2/h4,6H,2-3,5,7H2,1H3;1-2H3. The lowest BCUT2D eigenvalue weighted by Crippen LogP contribution is -2.35. The van der Waals surface area contributed by atoms with Crippen molar-refractivity contribution in [1.29, 1.82) is 0 Å². The lowest BCUT2D eigenvalue weighted by Gasteiger charge is -2.18. The molecule has 1 aliphatic heterocycles. The number of carbonyl (C=O) groups excluding carboxylic acids is 2. The minimum absolute atomic E-state index is 0.00167. The van der Waals surface area contributed by atoms with E-state index in [1.54, 1.807) is 18.3 Å². The van der Waals surface area contributed by atoms with Gasteiger partial charge in [0.1, 0.15) is 0 Å². The monoisotopic (exact) mass is 269 g/mol. The predicted octanol–water partition coefficient (Wildman–Crippen LogP) is 2.97. The van der Waals surface area contributed by atoms with Gasteiger partial charge in [0.2, 0.25) is 0 Å². The number of carbonyl (C=O) groups is 2. The van der Waals surface area contributed by atoms with E-state index in [2.05, 4.69) is 0 Å². The van der Waals surface area contributed by atoms with E-state index >= 15 is 0 Å². The van der Waals surface area contributed by atoms with Gasteiger partial charge in [0.05, 0.1) is 13.2 Å². The maximum absolute atomic E-state index is 11.8. The topological polar surface area (TPSA) is 46.6 Å². The number of amides is 1. The fraction of sp³-hybridized carbons (Fsp3) is 0.538. The molecule has 2 rings (SSSR count). The molecule has 1 aromatic heterocycles. The van der Waals surface area contributed by atoms with Gasteiger partial charge < -0.3 is 9.64 Å². The van der Waals surface area contributed by atoms with Crippen molar-refractivity contribution in [3.05, 3.63) is 21.9 Å². The second-order valence-electron chi connectivity index (χ2n) is 3.55. The van der Waals surface area contributed by atoms with Gasteiger partial charge in [-0.25, -0.2) is 4.79 Å². The zero-order chi connectivity index (χ0) is 13.5. The number of ketones is 1. The molecule has 0 atom stereocenters. The summed E-state index contributed by atoms with van der Waals surface area (Å²) in [6.07, 6.45) is 0.336. The van der Waals surface area contributed by atoms with Gasteiger partial charge in [0.15, 0.2) is 5.78 Å². The van der Waals surface area contributed by atoms with Crippen LogP contribution in [-0.4, -0.2) is 36.5 Å². The number of nitrogens with zero attached hydrogens (tertiary/aromatic N) is 1. The average molecular weight is 269 g/mol. The smallest absolute Gasteiger partial charge is 0.410 e. The first-order valence-electron chi connectivity index (χ1n) is 6.23.